The molecule has 3 nitrogen and oxygen atoms in total. The van der Waals surface area contributed by atoms with Gasteiger partial charge in [0.05, 0.1) is 11.6 Å². The first-order valence-corrected chi connectivity index (χ1v) is 4.68. The number of hydrogen-bond acceptors (Lipinski definition) is 1. The number of nitrogens with one attached hydrogen (secondary N) is 2. The van der Waals surface area contributed by atoms with Gasteiger partial charge in [0.2, 0.25) is 0 Å². The molecule has 0 aliphatic carbocycles. The Kier molecular flexibility index (Phi) is 2.49. The van der Waals surface area contributed by atoms with Gasteiger partial charge in [-0.15, -0.1) is 0 Å². The summed E-state index contributed by atoms with van der Waals surface area (Å²) in [6.07, 6.45) is -4.36. The molecule has 1 aliphatic rings. The van der Waals surface area contributed by atoms with E-state index in [1.54, 1.807) is 6.07 Å². The lowest BCUT2D eigenvalue weighted by atomic mass is 10.0. The summed E-state index contributed by atoms with van der Waals surface area (Å²) in [5, 5.41) is 5.03. The second kappa shape index (κ2) is 3.70. The Labute approximate surface area is 89.6 Å². The van der Waals surface area contributed by atoms with Crippen molar-refractivity contribution in [3.8, 4) is 0 Å². The predicted octanol–water partition coefficient (Wildman–Crippen LogP) is 2.06. The van der Waals surface area contributed by atoms with E-state index in [4.69, 9.17) is 0 Å². The maximum Gasteiger partial charge on any atom is 0.416 e. The average molecular weight is 230 g/mol. The largest absolute Gasteiger partial charge is 0.416 e. The monoisotopic (exact) mass is 230 g/mol. The number of halogens is 3. The highest BCUT2D eigenvalue weighted by Gasteiger charge is 2.31. The molecule has 6 heteroatoms. The van der Waals surface area contributed by atoms with Crippen LogP contribution in [0, 0.1) is 0 Å². The number of amides is 2. The predicted molar refractivity (Wildman–Crippen MR) is 50.7 cm³/mol. The molecule has 0 bridgehead atoms. The lowest BCUT2D eigenvalue weighted by molar-refractivity contribution is -0.137. The number of urea groups is 1. The minimum atomic E-state index is -4.36. The summed E-state index contributed by atoms with van der Waals surface area (Å²) in [7, 11) is 0. The topological polar surface area (TPSA) is 41.1 Å². The molecule has 1 atom stereocenters. The van der Waals surface area contributed by atoms with Crippen molar-refractivity contribution < 1.29 is 18.0 Å². The minimum Gasteiger partial charge on any atom is -0.336 e. The highest BCUT2D eigenvalue weighted by Crippen LogP contribution is 2.30. The SMILES string of the molecule is O=C1NC[C@H](c2cccc(C(F)(F)F)c2)N1. The van der Waals surface area contributed by atoms with Crippen molar-refractivity contribution in [2.75, 3.05) is 6.54 Å². The summed E-state index contributed by atoms with van der Waals surface area (Å²) in [5.74, 6) is 0. The van der Waals surface area contributed by atoms with E-state index in [0.29, 0.717) is 12.1 Å². The molecule has 0 radical (unpaired) electrons. The average Bonchev–Trinajstić information content (AvgIpc) is 2.64. The smallest absolute Gasteiger partial charge is 0.336 e. The van der Waals surface area contributed by atoms with Crippen LogP contribution in [0.25, 0.3) is 0 Å². The third-order valence-corrected chi connectivity index (χ3v) is 2.39. The second-order valence-electron chi connectivity index (χ2n) is 3.53. The Hall–Kier alpha value is -1.72. The lowest BCUT2D eigenvalue weighted by Crippen LogP contribution is -2.21. The number of carbonyl (C=O) groups is 1. The van der Waals surface area contributed by atoms with Gasteiger partial charge < -0.3 is 10.6 Å². The van der Waals surface area contributed by atoms with Crippen LogP contribution in [0.2, 0.25) is 0 Å². The zero-order chi connectivity index (χ0) is 11.8. The molecular formula is C10H9F3N2O. The molecule has 1 saturated heterocycles. The Morgan fingerprint density at radius 3 is 2.62 bits per heavy atom. The van der Waals surface area contributed by atoms with Crippen molar-refractivity contribution in [1.29, 1.82) is 0 Å². The second-order valence-corrected chi connectivity index (χ2v) is 3.53. The van der Waals surface area contributed by atoms with Crippen LogP contribution in [0.1, 0.15) is 17.2 Å². The van der Waals surface area contributed by atoms with Crippen molar-refractivity contribution in [2.45, 2.75) is 12.2 Å². The van der Waals surface area contributed by atoms with E-state index in [-0.39, 0.29) is 6.03 Å². The molecule has 1 aliphatic heterocycles. The molecule has 86 valence electrons. The quantitative estimate of drug-likeness (QED) is 0.761. The van der Waals surface area contributed by atoms with Gasteiger partial charge in [0.25, 0.3) is 0 Å². The minimum absolute atomic E-state index is 0.306. The molecule has 16 heavy (non-hydrogen) atoms. The van der Waals surface area contributed by atoms with Crippen molar-refractivity contribution in [1.82, 2.24) is 10.6 Å². The fourth-order valence-electron chi connectivity index (χ4n) is 1.59. The zero-order valence-electron chi connectivity index (χ0n) is 8.14. The fourth-order valence-corrected chi connectivity index (χ4v) is 1.59. The van der Waals surface area contributed by atoms with Crippen molar-refractivity contribution >= 4 is 6.03 Å². The van der Waals surface area contributed by atoms with Crippen LogP contribution in [0.3, 0.4) is 0 Å². The Balaban J connectivity index is 2.26. The number of hydrogen-bond donors (Lipinski definition) is 2. The van der Waals surface area contributed by atoms with Gasteiger partial charge in [0.15, 0.2) is 0 Å². The molecule has 2 N–H and O–H groups in total. The summed E-state index contributed by atoms with van der Waals surface area (Å²) in [4.78, 5) is 10.9. The molecule has 0 aromatic heterocycles. The van der Waals surface area contributed by atoms with E-state index in [2.05, 4.69) is 10.6 Å². The van der Waals surface area contributed by atoms with Crippen molar-refractivity contribution in [3.05, 3.63) is 35.4 Å². The molecule has 0 spiro atoms. The van der Waals surface area contributed by atoms with Crippen LogP contribution in [-0.2, 0) is 6.18 Å². The number of rotatable bonds is 1. The van der Waals surface area contributed by atoms with E-state index < -0.39 is 17.8 Å². The summed E-state index contributed by atoms with van der Waals surface area (Å²) in [5.41, 5.74) is -0.251. The number of alkyl halides is 3. The third kappa shape index (κ3) is 2.10. The van der Waals surface area contributed by atoms with Crippen LogP contribution in [0.4, 0.5) is 18.0 Å². The highest BCUT2D eigenvalue weighted by atomic mass is 19.4. The van der Waals surface area contributed by atoms with Crippen LogP contribution in [-0.4, -0.2) is 12.6 Å². The number of carbonyl (C=O) groups excluding carboxylic acids is 1. The maximum atomic E-state index is 12.4. The third-order valence-electron chi connectivity index (χ3n) is 2.39. The molecule has 0 unspecified atom stereocenters. The first-order valence-electron chi connectivity index (χ1n) is 4.68. The lowest BCUT2D eigenvalue weighted by Gasteiger charge is -2.12. The van der Waals surface area contributed by atoms with Crippen LogP contribution in [0.5, 0.6) is 0 Å². The summed E-state index contributed by atoms with van der Waals surface area (Å²) in [6, 6.07) is 4.21. The van der Waals surface area contributed by atoms with Gasteiger partial charge in [-0.05, 0) is 17.7 Å². The van der Waals surface area contributed by atoms with Gasteiger partial charge in [0.1, 0.15) is 0 Å². The van der Waals surface area contributed by atoms with Gasteiger partial charge in [-0.1, -0.05) is 12.1 Å². The van der Waals surface area contributed by atoms with Crippen LogP contribution >= 0.6 is 0 Å². The Bertz CT molecular complexity index is 417. The molecule has 1 aromatic carbocycles. The van der Waals surface area contributed by atoms with E-state index in [9.17, 15) is 18.0 Å². The van der Waals surface area contributed by atoms with Crippen molar-refractivity contribution in [3.63, 3.8) is 0 Å². The highest BCUT2D eigenvalue weighted by molar-refractivity contribution is 5.76. The first kappa shape index (κ1) is 10.8. The van der Waals surface area contributed by atoms with Gasteiger partial charge >= 0.3 is 12.2 Å². The summed E-state index contributed by atoms with van der Waals surface area (Å²) in [6.45, 7) is 0.306. The maximum absolute atomic E-state index is 12.4. The molecule has 1 aromatic rings. The summed E-state index contributed by atoms with van der Waals surface area (Å²) < 4.78 is 37.3. The van der Waals surface area contributed by atoms with Crippen LogP contribution in [0.15, 0.2) is 24.3 Å². The van der Waals surface area contributed by atoms with E-state index in [1.807, 2.05) is 0 Å². The standard InChI is InChI=1S/C10H9F3N2O/c11-10(12,13)7-3-1-2-6(4-7)8-5-14-9(16)15-8/h1-4,8H,5H2,(H2,14,15,16)/t8-/m1/s1. The molecule has 2 amide bonds. The number of benzene rings is 1. The molecule has 1 heterocycles. The Morgan fingerprint density at radius 2 is 2.06 bits per heavy atom. The van der Waals surface area contributed by atoms with E-state index in [0.717, 1.165) is 12.1 Å². The van der Waals surface area contributed by atoms with Gasteiger partial charge in [-0.2, -0.15) is 13.2 Å². The van der Waals surface area contributed by atoms with E-state index in [1.165, 1.54) is 6.07 Å². The van der Waals surface area contributed by atoms with Crippen molar-refractivity contribution in [2.24, 2.45) is 0 Å². The molecule has 2 rings (SSSR count). The molecule has 0 saturated carbocycles. The molecular weight excluding hydrogens is 221 g/mol. The Morgan fingerprint density at radius 1 is 1.31 bits per heavy atom. The zero-order valence-corrected chi connectivity index (χ0v) is 8.14. The van der Waals surface area contributed by atoms with E-state index >= 15 is 0 Å². The van der Waals surface area contributed by atoms with Gasteiger partial charge in [0, 0.05) is 6.54 Å². The first-order chi connectivity index (χ1) is 7.47. The fraction of sp³-hybridized carbons (Fsp3) is 0.300. The normalized spacial score (nSPS) is 20.4. The molecule has 1 fully saturated rings. The summed E-state index contributed by atoms with van der Waals surface area (Å²) >= 11 is 0. The van der Waals surface area contributed by atoms with Gasteiger partial charge in [-0.3, -0.25) is 0 Å². The van der Waals surface area contributed by atoms with Gasteiger partial charge in [-0.25, -0.2) is 4.79 Å². The van der Waals surface area contributed by atoms with Crippen LogP contribution < -0.4 is 10.6 Å².